The van der Waals surface area contributed by atoms with Gasteiger partial charge in [0.15, 0.2) is 0 Å². The molecule has 0 aliphatic heterocycles. The highest BCUT2D eigenvalue weighted by Crippen LogP contribution is 2.37. The maximum atomic E-state index is 14.2. The molecule has 0 spiro atoms. The molecule has 7 nitrogen and oxygen atoms in total. The van der Waals surface area contributed by atoms with Crippen molar-refractivity contribution in [3.05, 3.63) is 124 Å². The van der Waals surface area contributed by atoms with Crippen LogP contribution in [-0.2, 0) is 20.4 Å². The standard InChI is InChI=1S/C39H47IN2O5Si/c1-38(2,3)47-37(44)42-33(25-28-17-11-8-12-18-28)36(43)41-34(29-23-24-35(45-7)32(40)26-29)27-46-48(39(4,5)6,30-19-13-9-14-20-30)31-21-15-10-16-22-31/h8-24,26,33-34H,25,27H2,1-7H3,(H,41,43)(H,42,44)/t33-,34+/m1/s1. The summed E-state index contributed by atoms with van der Waals surface area (Å²) in [7, 11) is -1.30. The number of nitrogens with one attached hydrogen (secondary N) is 2. The molecule has 0 fully saturated rings. The van der Waals surface area contributed by atoms with Gasteiger partial charge in [-0.25, -0.2) is 4.79 Å². The number of carbonyl (C=O) groups is 2. The Balaban J connectivity index is 1.75. The number of amides is 2. The Morgan fingerprint density at radius 2 is 1.31 bits per heavy atom. The number of carbonyl (C=O) groups excluding carboxylic acids is 2. The first-order chi connectivity index (χ1) is 22.7. The summed E-state index contributed by atoms with van der Waals surface area (Å²) in [5, 5.41) is 8.12. The lowest BCUT2D eigenvalue weighted by molar-refractivity contribution is -0.124. The lowest BCUT2D eigenvalue weighted by Gasteiger charge is -2.43. The first-order valence-electron chi connectivity index (χ1n) is 16.2. The van der Waals surface area contributed by atoms with E-state index in [0.29, 0.717) is 0 Å². The predicted octanol–water partition coefficient (Wildman–Crippen LogP) is 7.17. The molecule has 0 aliphatic carbocycles. The van der Waals surface area contributed by atoms with Crippen LogP contribution in [0.15, 0.2) is 109 Å². The van der Waals surface area contributed by atoms with Crippen LogP contribution in [0.2, 0.25) is 5.04 Å². The predicted molar refractivity (Wildman–Crippen MR) is 203 cm³/mol. The zero-order chi connectivity index (χ0) is 35.0. The third-order valence-electron chi connectivity index (χ3n) is 8.07. The Labute approximate surface area is 300 Å². The second-order valence-electron chi connectivity index (χ2n) is 13.8. The van der Waals surface area contributed by atoms with Crippen molar-refractivity contribution >= 4 is 53.3 Å². The van der Waals surface area contributed by atoms with Gasteiger partial charge in [0.2, 0.25) is 5.91 Å². The normalized spacial score (nSPS) is 13.2. The fourth-order valence-electron chi connectivity index (χ4n) is 5.87. The molecule has 2 amide bonds. The molecule has 9 heteroatoms. The van der Waals surface area contributed by atoms with Gasteiger partial charge in [-0.2, -0.15) is 0 Å². The van der Waals surface area contributed by atoms with Crippen LogP contribution in [0.5, 0.6) is 5.75 Å². The largest absolute Gasteiger partial charge is 0.496 e. The second kappa shape index (κ2) is 16.2. The highest BCUT2D eigenvalue weighted by atomic mass is 127. The molecule has 0 heterocycles. The van der Waals surface area contributed by atoms with Gasteiger partial charge >= 0.3 is 6.09 Å². The fourth-order valence-corrected chi connectivity index (χ4v) is 11.2. The molecule has 0 bridgehead atoms. The van der Waals surface area contributed by atoms with Crippen LogP contribution in [0, 0.1) is 3.57 Å². The van der Waals surface area contributed by atoms with Crippen molar-refractivity contribution in [2.75, 3.05) is 13.7 Å². The fraction of sp³-hybridized carbons (Fsp3) is 0.333. The minimum Gasteiger partial charge on any atom is -0.496 e. The van der Waals surface area contributed by atoms with E-state index in [-0.39, 0.29) is 24.0 Å². The zero-order valence-electron chi connectivity index (χ0n) is 28.9. The van der Waals surface area contributed by atoms with E-state index in [0.717, 1.165) is 30.8 Å². The van der Waals surface area contributed by atoms with Crippen LogP contribution in [0.1, 0.15) is 58.7 Å². The molecule has 0 aliphatic rings. The number of rotatable bonds is 12. The first kappa shape index (κ1) is 37.2. The van der Waals surface area contributed by atoms with Crippen molar-refractivity contribution in [3.8, 4) is 5.75 Å². The van der Waals surface area contributed by atoms with Crippen molar-refractivity contribution in [1.82, 2.24) is 10.6 Å². The van der Waals surface area contributed by atoms with Crippen LogP contribution < -0.4 is 25.7 Å². The van der Waals surface area contributed by atoms with Gasteiger partial charge in [0.1, 0.15) is 17.4 Å². The molecule has 4 aromatic carbocycles. The molecule has 0 saturated heterocycles. The minimum absolute atomic E-state index is 0.200. The molecule has 48 heavy (non-hydrogen) atoms. The summed E-state index contributed by atoms with van der Waals surface area (Å²) < 4.78 is 19.3. The number of alkyl carbamates (subject to hydrolysis) is 1. The third kappa shape index (κ3) is 9.48. The van der Waals surface area contributed by atoms with Crippen molar-refractivity contribution in [3.63, 3.8) is 0 Å². The molecule has 4 aromatic rings. The lowest BCUT2D eigenvalue weighted by Crippen LogP contribution is -2.67. The molecule has 2 atom stereocenters. The number of benzene rings is 4. The van der Waals surface area contributed by atoms with Gasteiger partial charge in [0, 0.05) is 6.42 Å². The number of methoxy groups -OCH3 is 1. The van der Waals surface area contributed by atoms with Gasteiger partial charge in [0.05, 0.1) is 23.3 Å². The van der Waals surface area contributed by atoms with Gasteiger partial charge in [0.25, 0.3) is 8.32 Å². The summed E-state index contributed by atoms with van der Waals surface area (Å²) >= 11 is 2.24. The quantitative estimate of drug-likeness (QED) is 0.118. The molecular formula is C39H47IN2O5Si. The van der Waals surface area contributed by atoms with Gasteiger partial charge in [-0.05, 0) is 82.0 Å². The van der Waals surface area contributed by atoms with Crippen LogP contribution in [-0.4, -0.2) is 45.7 Å². The molecule has 4 rings (SSSR count). The topological polar surface area (TPSA) is 85.9 Å². The van der Waals surface area contributed by atoms with Gasteiger partial charge < -0.3 is 24.5 Å². The van der Waals surface area contributed by atoms with E-state index >= 15 is 0 Å². The van der Waals surface area contributed by atoms with Gasteiger partial charge in [-0.1, -0.05) is 118 Å². The van der Waals surface area contributed by atoms with Crippen molar-refractivity contribution < 1.29 is 23.5 Å². The van der Waals surface area contributed by atoms with Crippen LogP contribution >= 0.6 is 22.6 Å². The van der Waals surface area contributed by atoms with E-state index < -0.39 is 32.1 Å². The number of halogens is 1. The maximum absolute atomic E-state index is 14.2. The zero-order valence-corrected chi connectivity index (χ0v) is 32.0. The van der Waals surface area contributed by atoms with Crippen LogP contribution in [0.25, 0.3) is 0 Å². The Morgan fingerprint density at radius 1 is 0.771 bits per heavy atom. The Hall–Kier alpha value is -3.67. The second-order valence-corrected chi connectivity index (χ2v) is 19.3. The Morgan fingerprint density at radius 3 is 1.79 bits per heavy atom. The Kier molecular flexibility index (Phi) is 12.5. The van der Waals surface area contributed by atoms with Crippen LogP contribution in [0.3, 0.4) is 0 Å². The number of hydrogen-bond acceptors (Lipinski definition) is 5. The van der Waals surface area contributed by atoms with E-state index in [1.807, 2.05) is 60.7 Å². The van der Waals surface area contributed by atoms with Crippen LogP contribution in [0.4, 0.5) is 4.79 Å². The molecular weight excluding hydrogens is 731 g/mol. The van der Waals surface area contributed by atoms with Crippen molar-refractivity contribution in [2.45, 2.75) is 70.7 Å². The highest BCUT2D eigenvalue weighted by molar-refractivity contribution is 14.1. The number of ether oxygens (including phenoxy) is 2. The summed E-state index contributed by atoms with van der Waals surface area (Å²) in [6.45, 7) is 12.3. The van der Waals surface area contributed by atoms with E-state index in [4.69, 9.17) is 13.9 Å². The summed E-state index contributed by atoms with van der Waals surface area (Å²) in [6, 6.07) is 34.9. The SMILES string of the molecule is COc1ccc([C@H](CO[Si](c2ccccc2)(c2ccccc2)C(C)(C)C)NC(=O)[C@@H](Cc2ccccc2)NC(=O)OC(C)(C)C)cc1I. The smallest absolute Gasteiger partial charge is 0.408 e. The molecule has 0 radical (unpaired) electrons. The van der Waals surface area contributed by atoms with E-state index in [2.05, 4.69) is 103 Å². The minimum atomic E-state index is -2.94. The number of hydrogen-bond donors (Lipinski definition) is 2. The molecule has 0 unspecified atom stereocenters. The highest BCUT2D eigenvalue weighted by Gasteiger charge is 2.50. The Bertz CT molecular complexity index is 1600. The van der Waals surface area contributed by atoms with E-state index in [1.165, 1.54) is 0 Å². The summed E-state index contributed by atoms with van der Waals surface area (Å²) in [5.74, 6) is 0.400. The van der Waals surface area contributed by atoms with E-state index in [9.17, 15) is 9.59 Å². The van der Waals surface area contributed by atoms with Gasteiger partial charge in [-0.15, -0.1) is 0 Å². The van der Waals surface area contributed by atoms with Gasteiger partial charge in [-0.3, -0.25) is 4.79 Å². The molecule has 0 aromatic heterocycles. The molecule has 254 valence electrons. The maximum Gasteiger partial charge on any atom is 0.408 e. The average Bonchev–Trinajstić information content (AvgIpc) is 3.04. The monoisotopic (exact) mass is 778 g/mol. The summed E-state index contributed by atoms with van der Waals surface area (Å²) in [4.78, 5) is 27.2. The average molecular weight is 779 g/mol. The first-order valence-corrected chi connectivity index (χ1v) is 19.1. The summed E-state index contributed by atoms with van der Waals surface area (Å²) in [5.41, 5.74) is 1.05. The molecule has 0 saturated carbocycles. The van der Waals surface area contributed by atoms with Crippen molar-refractivity contribution in [1.29, 1.82) is 0 Å². The third-order valence-corrected chi connectivity index (χ3v) is 13.9. The van der Waals surface area contributed by atoms with E-state index in [1.54, 1.807) is 27.9 Å². The van der Waals surface area contributed by atoms with Crippen molar-refractivity contribution in [2.24, 2.45) is 0 Å². The summed E-state index contributed by atoms with van der Waals surface area (Å²) in [6.07, 6.45) is -0.369. The molecule has 2 N–H and O–H groups in total. The lowest BCUT2D eigenvalue weighted by atomic mass is 10.0.